The Morgan fingerprint density at radius 3 is 2.47 bits per heavy atom. The Labute approximate surface area is 125 Å². The summed E-state index contributed by atoms with van der Waals surface area (Å²) >= 11 is 3.81. The van der Waals surface area contributed by atoms with Crippen molar-refractivity contribution in [1.82, 2.24) is 0 Å². The quantitative estimate of drug-likeness (QED) is 0.675. The Balaban J connectivity index is 2.09. The van der Waals surface area contributed by atoms with Crippen molar-refractivity contribution in [1.29, 1.82) is 0 Å². The second-order valence-corrected chi connectivity index (χ2v) is 7.15. The fraction of sp³-hybridized carbons (Fsp3) is 0.647. The van der Waals surface area contributed by atoms with Crippen LogP contribution in [-0.2, 0) is 10.2 Å². The number of halogens is 1. The number of rotatable bonds is 4. The molecule has 1 fully saturated rings. The molecule has 1 aliphatic heterocycles. The lowest BCUT2D eigenvalue weighted by molar-refractivity contribution is 0.0160. The molecule has 1 nitrogen and oxygen atoms in total. The topological polar surface area (TPSA) is 9.23 Å². The minimum atomic E-state index is 0.266. The zero-order valence-corrected chi connectivity index (χ0v) is 13.9. The van der Waals surface area contributed by atoms with Gasteiger partial charge in [0.1, 0.15) is 0 Å². The highest BCUT2D eigenvalue weighted by Crippen LogP contribution is 2.35. The van der Waals surface area contributed by atoms with Gasteiger partial charge in [0.2, 0.25) is 0 Å². The van der Waals surface area contributed by atoms with Crippen LogP contribution in [-0.4, -0.2) is 12.7 Å². The first-order valence-electron chi connectivity index (χ1n) is 7.40. The van der Waals surface area contributed by atoms with Gasteiger partial charge in [0, 0.05) is 6.61 Å². The normalized spacial score (nSPS) is 22.2. The van der Waals surface area contributed by atoms with Crippen molar-refractivity contribution in [2.75, 3.05) is 6.61 Å². The van der Waals surface area contributed by atoms with Crippen molar-refractivity contribution in [3.8, 4) is 0 Å². The number of hydrogen-bond donors (Lipinski definition) is 0. The summed E-state index contributed by atoms with van der Waals surface area (Å²) in [7, 11) is 0. The molecule has 0 N–H and O–H groups in total. The third-order valence-corrected chi connectivity index (χ3v) is 5.55. The lowest BCUT2D eigenvalue weighted by atomic mass is 9.82. The largest absolute Gasteiger partial charge is 0.377 e. The Bertz CT molecular complexity index is 390. The van der Waals surface area contributed by atoms with E-state index in [2.05, 4.69) is 61.0 Å². The summed E-state index contributed by atoms with van der Waals surface area (Å²) in [5, 5.41) is 0. The van der Waals surface area contributed by atoms with E-state index in [1.54, 1.807) is 0 Å². The predicted molar refractivity (Wildman–Crippen MR) is 85.0 cm³/mol. The van der Waals surface area contributed by atoms with Gasteiger partial charge in [0.25, 0.3) is 0 Å². The first-order valence-corrected chi connectivity index (χ1v) is 8.32. The highest BCUT2D eigenvalue weighted by atomic mass is 79.9. The molecule has 2 unspecified atom stereocenters. The van der Waals surface area contributed by atoms with Crippen molar-refractivity contribution in [3.63, 3.8) is 0 Å². The van der Waals surface area contributed by atoms with Gasteiger partial charge >= 0.3 is 0 Å². The lowest BCUT2D eigenvalue weighted by Gasteiger charge is -2.28. The molecule has 0 bridgehead atoms. The zero-order valence-electron chi connectivity index (χ0n) is 12.3. The fourth-order valence-corrected chi connectivity index (χ4v) is 3.26. The molecule has 1 aromatic rings. The molecule has 0 amide bonds. The van der Waals surface area contributed by atoms with Crippen LogP contribution in [0.25, 0.3) is 0 Å². The van der Waals surface area contributed by atoms with E-state index in [0.717, 1.165) is 19.4 Å². The van der Waals surface area contributed by atoms with Crippen molar-refractivity contribution < 1.29 is 4.74 Å². The van der Waals surface area contributed by atoms with Crippen LogP contribution in [0.15, 0.2) is 24.3 Å². The van der Waals surface area contributed by atoms with E-state index in [9.17, 15) is 0 Å². The Kier molecular flexibility index (Phi) is 5.08. The average molecular weight is 325 g/mol. The van der Waals surface area contributed by atoms with Crippen molar-refractivity contribution in [3.05, 3.63) is 35.4 Å². The third-order valence-electron chi connectivity index (χ3n) is 4.44. The van der Waals surface area contributed by atoms with Gasteiger partial charge in [-0.2, -0.15) is 0 Å². The molecule has 2 rings (SSSR count). The van der Waals surface area contributed by atoms with E-state index in [1.165, 1.54) is 24.0 Å². The minimum Gasteiger partial charge on any atom is -0.377 e. The molecule has 1 aliphatic rings. The van der Waals surface area contributed by atoms with Crippen molar-refractivity contribution in [2.45, 2.75) is 62.8 Å². The summed E-state index contributed by atoms with van der Waals surface area (Å²) in [4.78, 5) is 0.326. The molecule has 1 heterocycles. The van der Waals surface area contributed by atoms with E-state index < -0.39 is 0 Å². The van der Waals surface area contributed by atoms with Gasteiger partial charge in [0.15, 0.2) is 0 Å². The van der Waals surface area contributed by atoms with E-state index in [-0.39, 0.29) is 5.41 Å². The Hall–Kier alpha value is -0.340. The molecule has 0 spiro atoms. The lowest BCUT2D eigenvalue weighted by Crippen LogP contribution is -2.23. The van der Waals surface area contributed by atoms with Crippen LogP contribution < -0.4 is 0 Å². The molecule has 0 radical (unpaired) electrons. The standard InChI is InChI=1S/C17H25BrO/c1-4-17(2,3)14-10-8-13(9-11-14)16(18)15-7-5-6-12-19-15/h8-11,15-16H,4-7,12H2,1-3H3. The summed E-state index contributed by atoms with van der Waals surface area (Å²) in [5.41, 5.74) is 3.02. The van der Waals surface area contributed by atoms with E-state index in [0.29, 0.717) is 10.9 Å². The van der Waals surface area contributed by atoms with Gasteiger partial charge in [-0.05, 0) is 42.2 Å². The summed E-state index contributed by atoms with van der Waals surface area (Å²) in [5.74, 6) is 0. The number of hydrogen-bond acceptors (Lipinski definition) is 1. The molecule has 0 saturated carbocycles. The second kappa shape index (κ2) is 6.41. The van der Waals surface area contributed by atoms with E-state index in [4.69, 9.17) is 4.74 Å². The molecule has 0 aromatic heterocycles. The molecule has 1 aromatic carbocycles. The zero-order chi connectivity index (χ0) is 13.9. The van der Waals surface area contributed by atoms with Crippen LogP contribution in [0.1, 0.15) is 62.4 Å². The molecule has 0 aliphatic carbocycles. The number of ether oxygens (including phenoxy) is 1. The number of benzene rings is 1. The van der Waals surface area contributed by atoms with E-state index >= 15 is 0 Å². The van der Waals surface area contributed by atoms with Crippen LogP contribution >= 0.6 is 15.9 Å². The summed E-state index contributed by atoms with van der Waals surface area (Å²) in [6.07, 6.45) is 5.15. The Morgan fingerprint density at radius 1 is 1.26 bits per heavy atom. The first kappa shape index (κ1) is 15.1. The summed E-state index contributed by atoms with van der Waals surface area (Å²) in [6, 6.07) is 9.06. The third kappa shape index (κ3) is 3.61. The fourth-order valence-electron chi connectivity index (χ4n) is 2.53. The molecule has 2 heteroatoms. The van der Waals surface area contributed by atoms with Crippen LogP contribution in [0.4, 0.5) is 0 Å². The number of alkyl halides is 1. The first-order chi connectivity index (χ1) is 9.04. The molecule has 2 atom stereocenters. The maximum Gasteiger partial charge on any atom is 0.0740 e. The highest BCUT2D eigenvalue weighted by molar-refractivity contribution is 9.09. The van der Waals surface area contributed by atoms with Crippen LogP contribution in [0.2, 0.25) is 0 Å². The van der Waals surface area contributed by atoms with Crippen molar-refractivity contribution >= 4 is 15.9 Å². The van der Waals surface area contributed by atoms with Crippen LogP contribution in [0.5, 0.6) is 0 Å². The molecular weight excluding hydrogens is 300 g/mol. The van der Waals surface area contributed by atoms with Gasteiger partial charge in [-0.3, -0.25) is 0 Å². The molecule has 1 saturated heterocycles. The van der Waals surface area contributed by atoms with Gasteiger partial charge in [-0.15, -0.1) is 0 Å². The summed E-state index contributed by atoms with van der Waals surface area (Å²) < 4.78 is 5.87. The van der Waals surface area contributed by atoms with Crippen molar-refractivity contribution in [2.24, 2.45) is 0 Å². The average Bonchev–Trinajstić information content (AvgIpc) is 2.47. The van der Waals surface area contributed by atoms with Gasteiger partial charge in [-0.1, -0.05) is 61.0 Å². The smallest absolute Gasteiger partial charge is 0.0740 e. The minimum absolute atomic E-state index is 0.266. The highest BCUT2D eigenvalue weighted by Gasteiger charge is 2.24. The molecular formula is C17H25BrO. The van der Waals surface area contributed by atoms with Gasteiger partial charge < -0.3 is 4.74 Å². The second-order valence-electron chi connectivity index (χ2n) is 6.17. The monoisotopic (exact) mass is 324 g/mol. The molecule has 19 heavy (non-hydrogen) atoms. The molecule has 106 valence electrons. The SMILES string of the molecule is CCC(C)(C)c1ccc(C(Br)C2CCCCO2)cc1. The Morgan fingerprint density at radius 2 is 1.95 bits per heavy atom. The van der Waals surface area contributed by atoms with Gasteiger partial charge in [0.05, 0.1) is 10.9 Å². The maximum absolute atomic E-state index is 5.87. The van der Waals surface area contributed by atoms with E-state index in [1.807, 2.05) is 0 Å². The predicted octanol–water partition coefficient (Wildman–Crippen LogP) is 5.38. The van der Waals surface area contributed by atoms with Gasteiger partial charge in [-0.25, -0.2) is 0 Å². The van der Waals surface area contributed by atoms with Crippen LogP contribution in [0.3, 0.4) is 0 Å². The van der Waals surface area contributed by atoms with Crippen LogP contribution in [0, 0.1) is 0 Å². The maximum atomic E-state index is 5.87. The summed E-state index contributed by atoms with van der Waals surface area (Å²) in [6.45, 7) is 7.76.